The van der Waals surface area contributed by atoms with Gasteiger partial charge in [0, 0.05) is 0 Å². The van der Waals surface area contributed by atoms with Crippen molar-refractivity contribution in [1.82, 2.24) is 5.32 Å². The minimum atomic E-state index is -0.826. The lowest BCUT2D eigenvalue weighted by atomic mass is 9.75. The monoisotopic (exact) mass is 419 g/mol. The van der Waals surface area contributed by atoms with Crippen molar-refractivity contribution in [3.05, 3.63) is 143 Å². The number of hydrogen-bond donors (Lipinski definition) is 1. The lowest BCUT2D eigenvalue weighted by molar-refractivity contribution is -0.125. The summed E-state index contributed by atoms with van der Waals surface area (Å²) in [6.07, 6.45) is 0. The maximum Gasteiger partial charge on any atom is 0.235 e. The lowest BCUT2D eigenvalue weighted by Gasteiger charge is -2.32. The summed E-state index contributed by atoms with van der Waals surface area (Å²) in [5, 5.41) is 3.42. The first-order valence-electron chi connectivity index (χ1n) is 11.0. The van der Waals surface area contributed by atoms with Gasteiger partial charge in [-0.15, -0.1) is 0 Å². The summed E-state index contributed by atoms with van der Waals surface area (Å²) < 4.78 is 0. The van der Waals surface area contributed by atoms with Gasteiger partial charge in [0.05, 0.1) is 11.5 Å². The zero-order valence-electron chi connectivity index (χ0n) is 18.9. The van der Waals surface area contributed by atoms with Crippen LogP contribution in [0.15, 0.2) is 109 Å². The standard InChI is InChI=1S/C30H29NO/c1-22-19-20-23(2)27(21-22)28(24-13-7-4-8-14-24)31-29(32)30(3,25-15-9-5-10-16-25)26-17-11-6-12-18-26/h4-21,28H,1-3H3,(H,31,32)/t28-/m1/s1. The van der Waals surface area contributed by atoms with Crippen LogP contribution in [0.5, 0.6) is 0 Å². The van der Waals surface area contributed by atoms with Crippen LogP contribution >= 0.6 is 0 Å². The van der Waals surface area contributed by atoms with Gasteiger partial charge in [-0.25, -0.2) is 0 Å². The molecule has 2 heteroatoms. The van der Waals surface area contributed by atoms with E-state index in [2.05, 4.69) is 49.5 Å². The van der Waals surface area contributed by atoms with Gasteiger partial charge in [-0.05, 0) is 48.6 Å². The van der Waals surface area contributed by atoms with Gasteiger partial charge in [-0.1, -0.05) is 115 Å². The van der Waals surface area contributed by atoms with Gasteiger partial charge in [-0.3, -0.25) is 4.79 Å². The van der Waals surface area contributed by atoms with Crippen LogP contribution in [0.4, 0.5) is 0 Å². The average molecular weight is 420 g/mol. The van der Waals surface area contributed by atoms with E-state index < -0.39 is 5.41 Å². The van der Waals surface area contributed by atoms with Gasteiger partial charge in [0.25, 0.3) is 0 Å². The Hall–Kier alpha value is -3.65. The number of hydrogen-bond acceptors (Lipinski definition) is 1. The minimum absolute atomic E-state index is 0.0235. The molecule has 0 aliphatic carbocycles. The normalized spacial score (nSPS) is 12.2. The van der Waals surface area contributed by atoms with Crippen LogP contribution in [-0.4, -0.2) is 5.91 Å². The van der Waals surface area contributed by atoms with Crippen molar-refractivity contribution in [2.24, 2.45) is 0 Å². The van der Waals surface area contributed by atoms with E-state index in [0.29, 0.717) is 0 Å². The van der Waals surface area contributed by atoms with Crippen molar-refractivity contribution in [3.8, 4) is 0 Å². The first kappa shape index (κ1) is 21.6. The quantitative estimate of drug-likeness (QED) is 0.379. The second-order valence-corrected chi connectivity index (χ2v) is 8.53. The van der Waals surface area contributed by atoms with Crippen molar-refractivity contribution in [3.63, 3.8) is 0 Å². The van der Waals surface area contributed by atoms with Gasteiger partial charge in [0.1, 0.15) is 0 Å². The molecule has 32 heavy (non-hydrogen) atoms. The highest BCUT2D eigenvalue weighted by Gasteiger charge is 2.38. The molecule has 2 nitrogen and oxygen atoms in total. The molecule has 160 valence electrons. The van der Waals surface area contributed by atoms with E-state index in [0.717, 1.165) is 27.8 Å². The molecule has 0 aliphatic rings. The van der Waals surface area contributed by atoms with Gasteiger partial charge in [-0.2, -0.15) is 0 Å². The first-order valence-corrected chi connectivity index (χ1v) is 11.0. The molecular formula is C30H29NO. The van der Waals surface area contributed by atoms with Gasteiger partial charge < -0.3 is 5.32 Å². The van der Waals surface area contributed by atoms with E-state index >= 15 is 0 Å². The Morgan fingerprint density at radius 3 is 1.75 bits per heavy atom. The highest BCUT2D eigenvalue weighted by Crippen LogP contribution is 2.34. The molecule has 0 saturated heterocycles. The molecule has 4 aromatic rings. The number of amides is 1. The number of aryl methyl sites for hydroxylation is 2. The van der Waals surface area contributed by atoms with Gasteiger partial charge in [0.2, 0.25) is 5.91 Å². The summed E-state index contributed by atoms with van der Waals surface area (Å²) in [6.45, 7) is 6.20. The van der Waals surface area contributed by atoms with Crippen LogP contribution in [0, 0.1) is 13.8 Å². The minimum Gasteiger partial charge on any atom is -0.344 e. The van der Waals surface area contributed by atoms with Crippen LogP contribution in [0.25, 0.3) is 0 Å². The third-order valence-corrected chi connectivity index (χ3v) is 6.31. The summed E-state index contributed by atoms with van der Waals surface area (Å²) in [6, 6.07) is 36.4. The Morgan fingerprint density at radius 2 is 1.22 bits per heavy atom. The molecule has 0 fully saturated rings. The molecule has 0 aromatic heterocycles. The highest BCUT2D eigenvalue weighted by molar-refractivity contribution is 5.92. The Labute approximate surface area is 191 Å². The fraction of sp³-hybridized carbons (Fsp3) is 0.167. The number of carbonyl (C=O) groups is 1. The Kier molecular flexibility index (Phi) is 6.23. The third-order valence-electron chi connectivity index (χ3n) is 6.31. The Bertz CT molecular complexity index is 1140. The van der Waals surface area contributed by atoms with E-state index in [1.165, 1.54) is 5.56 Å². The summed E-state index contributed by atoms with van der Waals surface area (Å²) in [7, 11) is 0. The highest BCUT2D eigenvalue weighted by atomic mass is 16.2. The second-order valence-electron chi connectivity index (χ2n) is 8.53. The Balaban J connectivity index is 1.82. The molecule has 0 unspecified atom stereocenters. The molecule has 0 saturated carbocycles. The van der Waals surface area contributed by atoms with Crippen molar-refractivity contribution >= 4 is 5.91 Å². The summed E-state index contributed by atoms with van der Waals surface area (Å²) in [5.41, 5.74) is 5.63. The molecule has 4 rings (SSSR count). The van der Waals surface area contributed by atoms with E-state index in [9.17, 15) is 4.79 Å². The molecule has 1 N–H and O–H groups in total. The summed E-state index contributed by atoms with van der Waals surface area (Å²) in [5.74, 6) is -0.0235. The average Bonchev–Trinajstić information content (AvgIpc) is 2.85. The van der Waals surface area contributed by atoms with Crippen LogP contribution in [-0.2, 0) is 10.2 Å². The number of nitrogens with one attached hydrogen (secondary N) is 1. The molecule has 0 bridgehead atoms. The number of rotatable bonds is 6. The topological polar surface area (TPSA) is 29.1 Å². The predicted octanol–water partition coefficient (Wildman–Crippen LogP) is 6.52. The van der Waals surface area contributed by atoms with Crippen LogP contribution in [0.3, 0.4) is 0 Å². The zero-order chi connectivity index (χ0) is 22.6. The molecular weight excluding hydrogens is 390 g/mol. The smallest absolute Gasteiger partial charge is 0.235 e. The molecule has 1 atom stereocenters. The summed E-state index contributed by atoms with van der Waals surface area (Å²) in [4.78, 5) is 14.1. The van der Waals surface area contributed by atoms with Crippen LogP contribution in [0.2, 0.25) is 0 Å². The van der Waals surface area contributed by atoms with Gasteiger partial charge >= 0.3 is 0 Å². The van der Waals surface area contributed by atoms with E-state index in [-0.39, 0.29) is 11.9 Å². The molecule has 0 radical (unpaired) electrons. The third kappa shape index (κ3) is 4.22. The SMILES string of the molecule is Cc1ccc(C)c([C@H](NC(=O)C(C)(c2ccccc2)c2ccccc2)c2ccccc2)c1. The maximum absolute atomic E-state index is 14.1. The molecule has 0 aliphatic heterocycles. The van der Waals surface area contributed by atoms with E-state index in [1.807, 2.05) is 85.8 Å². The fourth-order valence-corrected chi connectivity index (χ4v) is 4.30. The number of carbonyl (C=O) groups excluding carboxylic acids is 1. The maximum atomic E-state index is 14.1. The predicted molar refractivity (Wildman–Crippen MR) is 132 cm³/mol. The fourth-order valence-electron chi connectivity index (χ4n) is 4.30. The molecule has 0 heterocycles. The van der Waals surface area contributed by atoms with Gasteiger partial charge in [0.15, 0.2) is 0 Å². The van der Waals surface area contributed by atoms with Crippen molar-refractivity contribution < 1.29 is 4.79 Å². The van der Waals surface area contributed by atoms with Crippen molar-refractivity contribution in [2.45, 2.75) is 32.2 Å². The van der Waals surface area contributed by atoms with Crippen LogP contribution < -0.4 is 5.32 Å². The first-order chi connectivity index (χ1) is 15.5. The van der Waals surface area contributed by atoms with Crippen LogP contribution in [0.1, 0.15) is 46.3 Å². The largest absolute Gasteiger partial charge is 0.344 e. The Morgan fingerprint density at radius 1 is 0.719 bits per heavy atom. The summed E-state index contributed by atoms with van der Waals surface area (Å²) >= 11 is 0. The lowest BCUT2D eigenvalue weighted by Crippen LogP contribution is -2.45. The van der Waals surface area contributed by atoms with E-state index in [1.54, 1.807) is 0 Å². The van der Waals surface area contributed by atoms with Crippen molar-refractivity contribution in [2.75, 3.05) is 0 Å². The molecule has 4 aromatic carbocycles. The molecule has 0 spiro atoms. The second kappa shape index (κ2) is 9.23. The van der Waals surface area contributed by atoms with E-state index in [4.69, 9.17) is 0 Å². The molecule has 1 amide bonds. The van der Waals surface area contributed by atoms with Crippen molar-refractivity contribution in [1.29, 1.82) is 0 Å². The number of benzene rings is 4. The zero-order valence-corrected chi connectivity index (χ0v) is 18.9.